The number of aliphatic hydroxyl groups is 3. The summed E-state index contributed by atoms with van der Waals surface area (Å²) >= 11 is 0. The molecule has 3 atom stereocenters. The molecule has 0 aromatic heterocycles. The van der Waals surface area contributed by atoms with E-state index in [1.807, 2.05) is 6.92 Å². The first-order valence-corrected chi connectivity index (χ1v) is 6.05. The third-order valence-corrected chi connectivity index (χ3v) is 3.82. The Morgan fingerprint density at radius 2 is 2.00 bits per heavy atom. The van der Waals surface area contributed by atoms with Gasteiger partial charge in [-0.2, -0.15) is 0 Å². The zero-order valence-electron chi connectivity index (χ0n) is 10.8. The summed E-state index contributed by atoms with van der Waals surface area (Å²) in [4.78, 5) is 12.1. The summed E-state index contributed by atoms with van der Waals surface area (Å²) in [6, 6.07) is 1.74. The van der Waals surface area contributed by atoms with Gasteiger partial charge in [0.15, 0.2) is 5.78 Å². The molecule has 4 heteroatoms. The molecule has 4 nitrogen and oxygen atoms in total. The minimum absolute atomic E-state index is 0.0959. The molecule has 3 N–H and O–H groups in total. The summed E-state index contributed by atoms with van der Waals surface area (Å²) in [6.07, 6.45) is -1.76. The van der Waals surface area contributed by atoms with Gasteiger partial charge in [0.1, 0.15) is 6.10 Å². The largest absolute Gasteiger partial charge is 0.393 e. The molecule has 1 aliphatic rings. The monoisotopic (exact) mass is 250 g/mol. The van der Waals surface area contributed by atoms with Gasteiger partial charge in [0, 0.05) is 11.5 Å². The van der Waals surface area contributed by atoms with Crippen molar-refractivity contribution in [2.45, 2.75) is 33.0 Å². The molecule has 1 aromatic carbocycles. The quantitative estimate of drug-likeness (QED) is 0.737. The van der Waals surface area contributed by atoms with Gasteiger partial charge in [0.25, 0.3) is 0 Å². The van der Waals surface area contributed by atoms with Crippen molar-refractivity contribution in [2.24, 2.45) is 5.92 Å². The summed E-state index contributed by atoms with van der Waals surface area (Å²) < 4.78 is 0. The minimum Gasteiger partial charge on any atom is -0.393 e. The van der Waals surface area contributed by atoms with Crippen molar-refractivity contribution in [2.75, 3.05) is 6.61 Å². The molecule has 2 rings (SSSR count). The second-order valence-corrected chi connectivity index (χ2v) is 4.99. The molecule has 0 amide bonds. The maximum Gasteiger partial charge on any atom is 0.169 e. The van der Waals surface area contributed by atoms with Crippen LogP contribution >= 0.6 is 0 Å². The van der Waals surface area contributed by atoms with E-state index in [-0.39, 0.29) is 12.4 Å². The lowest BCUT2D eigenvalue weighted by atomic mass is 9.91. The molecule has 98 valence electrons. The summed E-state index contributed by atoms with van der Waals surface area (Å²) in [5.74, 6) is -0.541. The summed E-state index contributed by atoms with van der Waals surface area (Å²) in [7, 11) is 0. The van der Waals surface area contributed by atoms with E-state index in [9.17, 15) is 15.0 Å². The lowest BCUT2D eigenvalue weighted by Crippen LogP contribution is -2.11. The second-order valence-electron chi connectivity index (χ2n) is 4.99. The van der Waals surface area contributed by atoms with Gasteiger partial charge in [0.2, 0.25) is 0 Å². The van der Waals surface area contributed by atoms with Crippen LogP contribution in [0, 0.1) is 19.8 Å². The summed E-state index contributed by atoms with van der Waals surface area (Å²) in [5, 5.41) is 28.9. The van der Waals surface area contributed by atoms with Crippen molar-refractivity contribution in [1.82, 2.24) is 0 Å². The van der Waals surface area contributed by atoms with E-state index in [1.54, 1.807) is 19.9 Å². The Morgan fingerprint density at radius 1 is 1.39 bits per heavy atom. The first kappa shape index (κ1) is 13.2. The first-order valence-electron chi connectivity index (χ1n) is 6.05. The van der Waals surface area contributed by atoms with Crippen molar-refractivity contribution < 1.29 is 20.1 Å². The van der Waals surface area contributed by atoms with Crippen LogP contribution in [0.4, 0.5) is 0 Å². The number of rotatable bonds is 2. The maximum absolute atomic E-state index is 12.1. The Bertz CT molecular complexity index is 507. The smallest absolute Gasteiger partial charge is 0.169 e. The number of aryl methyl sites for hydroxylation is 1. The Labute approximate surface area is 106 Å². The van der Waals surface area contributed by atoms with E-state index in [4.69, 9.17) is 5.11 Å². The average molecular weight is 250 g/mol. The van der Waals surface area contributed by atoms with Crippen LogP contribution in [0.15, 0.2) is 6.07 Å². The highest BCUT2D eigenvalue weighted by Crippen LogP contribution is 2.40. The van der Waals surface area contributed by atoms with E-state index in [2.05, 4.69) is 0 Å². The van der Waals surface area contributed by atoms with Crippen LogP contribution < -0.4 is 0 Å². The molecule has 18 heavy (non-hydrogen) atoms. The van der Waals surface area contributed by atoms with Crippen LogP contribution in [0.1, 0.15) is 51.7 Å². The zero-order chi connectivity index (χ0) is 13.6. The maximum atomic E-state index is 12.1. The molecule has 0 aliphatic heterocycles. The van der Waals surface area contributed by atoms with E-state index in [1.165, 1.54) is 0 Å². The van der Waals surface area contributed by atoms with Gasteiger partial charge < -0.3 is 15.3 Å². The van der Waals surface area contributed by atoms with Crippen molar-refractivity contribution in [3.8, 4) is 0 Å². The highest BCUT2D eigenvalue weighted by molar-refractivity contribution is 6.04. The van der Waals surface area contributed by atoms with E-state index in [0.717, 1.165) is 5.56 Å². The fourth-order valence-electron chi connectivity index (χ4n) is 2.83. The van der Waals surface area contributed by atoms with Crippen molar-refractivity contribution in [3.05, 3.63) is 33.9 Å². The predicted octanol–water partition coefficient (Wildman–Crippen LogP) is 1.19. The Kier molecular flexibility index (Phi) is 3.27. The van der Waals surface area contributed by atoms with Gasteiger partial charge in [-0.15, -0.1) is 0 Å². The molecule has 0 fully saturated rings. The molecular formula is C14H18O4. The highest BCUT2D eigenvalue weighted by Gasteiger charge is 2.38. The number of Topliss-reactive ketones (excluding diaryl/α,β-unsaturated/α-hetero) is 1. The number of benzene rings is 1. The fourth-order valence-corrected chi connectivity index (χ4v) is 2.83. The molecular weight excluding hydrogens is 232 g/mol. The minimum atomic E-state index is -0.990. The van der Waals surface area contributed by atoms with Crippen LogP contribution in [0.25, 0.3) is 0 Å². The topological polar surface area (TPSA) is 77.8 Å². The number of hydrogen-bond donors (Lipinski definition) is 3. The van der Waals surface area contributed by atoms with E-state index in [0.29, 0.717) is 22.3 Å². The zero-order valence-corrected chi connectivity index (χ0v) is 10.8. The van der Waals surface area contributed by atoms with Gasteiger partial charge >= 0.3 is 0 Å². The number of ketones is 1. The van der Waals surface area contributed by atoms with Crippen molar-refractivity contribution in [3.63, 3.8) is 0 Å². The molecule has 0 heterocycles. The second kappa shape index (κ2) is 4.46. The normalized spacial score (nSPS) is 24.2. The Hall–Kier alpha value is -1.23. The van der Waals surface area contributed by atoms with Gasteiger partial charge in [0.05, 0.1) is 12.7 Å². The third-order valence-electron chi connectivity index (χ3n) is 3.82. The van der Waals surface area contributed by atoms with Gasteiger partial charge in [-0.3, -0.25) is 4.79 Å². The lowest BCUT2D eigenvalue weighted by molar-refractivity contribution is 0.0790. The molecule has 0 bridgehead atoms. The summed E-state index contributed by atoms with van der Waals surface area (Å²) in [6.45, 7) is 4.88. The third kappa shape index (κ3) is 1.68. The van der Waals surface area contributed by atoms with E-state index < -0.39 is 18.1 Å². The molecule has 1 aliphatic carbocycles. The number of carbonyl (C=O) groups excluding carboxylic acids is 1. The van der Waals surface area contributed by atoms with Gasteiger partial charge in [-0.25, -0.2) is 0 Å². The number of fused-ring (bicyclic) bond motifs is 1. The predicted molar refractivity (Wildman–Crippen MR) is 66.4 cm³/mol. The summed E-state index contributed by atoms with van der Waals surface area (Å²) in [5.41, 5.74) is 3.18. The van der Waals surface area contributed by atoms with Crippen LogP contribution in [-0.2, 0) is 0 Å². The highest BCUT2D eigenvalue weighted by atomic mass is 16.3. The molecule has 0 unspecified atom stereocenters. The average Bonchev–Trinajstić information content (AvgIpc) is 2.54. The van der Waals surface area contributed by atoms with Crippen LogP contribution in [0.3, 0.4) is 0 Å². The molecule has 0 spiro atoms. The van der Waals surface area contributed by atoms with Crippen molar-refractivity contribution in [1.29, 1.82) is 0 Å². The van der Waals surface area contributed by atoms with Gasteiger partial charge in [-0.1, -0.05) is 13.0 Å². The Morgan fingerprint density at radius 3 is 2.56 bits per heavy atom. The standard InChI is InChI=1S/C14H18O4/c1-6-4-9-12(14(18)8(3)13(9)17)7(2)11(6)10(16)5-15/h4,8,10,13,15-17H,5H2,1-3H3/t8-,10+,13+/m0/s1. The molecule has 0 radical (unpaired) electrons. The molecule has 0 saturated heterocycles. The van der Waals surface area contributed by atoms with Crippen LogP contribution in [0.2, 0.25) is 0 Å². The van der Waals surface area contributed by atoms with Gasteiger partial charge in [-0.05, 0) is 36.1 Å². The first-order chi connectivity index (χ1) is 8.40. The lowest BCUT2D eigenvalue weighted by Gasteiger charge is -2.18. The number of carbonyl (C=O) groups is 1. The number of aliphatic hydroxyl groups excluding tert-OH is 3. The Balaban J connectivity index is 2.69. The fraction of sp³-hybridized carbons (Fsp3) is 0.500. The van der Waals surface area contributed by atoms with Crippen LogP contribution in [0.5, 0.6) is 0 Å². The molecule has 0 saturated carbocycles. The van der Waals surface area contributed by atoms with Crippen molar-refractivity contribution >= 4 is 5.78 Å². The number of hydrogen-bond acceptors (Lipinski definition) is 4. The van der Waals surface area contributed by atoms with Crippen LogP contribution in [-0.4, -0.2) is 27.7 Å². The van der Waals surface area contributed by atoms with E-state index >= 15 is 0 Å². The SMILES string of the molecule is Cc1cc2c(c(C)c1[C@H](O)CO)C(=O)[C@@H](C)[C@H]2O. The molecule has 1 aromatic rings.